The third-order valence-electron chi connectivity index (χ3n) is 1.48. The summed E-state index contributed by atoms with van der Waals surface area (Å²) < 4.78 is 0. The van der Waals surface area contributed by atoms with Gasteiger partial charge in [-0.05, 0) is 18.8 Å². The molecule has 9 heavy (non-hydrogen) atoms. The van der Waals surface area contributed by atoms with E-state index >= 15 is 0 Å². The Hall–Kier alpha value is -0.520. The van der Waals surface area contributed by atoms with E-state index < -0.39 is 0 Å². The lowest BCUT2D eigenvalue weighted by Gasteiger charge is -1.96. The molecule has 50 valence electrons. The van der Waals surface area contributed by atoms with Crippen molar-refractivity contribution in [2.24, 2.45) is 5.92 Å². The predicted octanol–water partition coefficient (Wildman–Crippen LogP) is 2.92. The van der Waals surface area contributed by atoms with Crippen molar-refractivity contribution in [3.05, 3.63) is 23.8 Å². The van der Waals surface area contributed by atoms with E-state index in [1.807, 2.05) is 0 Å². The lowest BCUT2D eigenvalue weighted by molar-refractivity contribution is 0.818. The van der Waals surface area contributed by atoms with E-state index in [9.17, 15) is 0 Å². The summed E-state index contributed by atoms with van der Waals surface area (Å²) in [5.41, 5.74) is 1.52. The van der Waals surface area contributed by atoms with Gasteiger partial charge in [0, 0.05) is 0 Å². The predicted molar refractivity (Wildman–Crippen MR) is 41.3 cm³/mol. The summed E-state index contributed by atoms with van der Waals surface area (Å²) >= 11 is 0. The van der Waals surface area contributed by atoms with Crippen LogP contribution in [0.25, 0.3) is 0 Å². The van der Waals surface area contributed by atoms with Gasteiger partial charge in [0.2, 0.25) is 0 Å². The first-order valence-corrected chi connectivity index (χ1v) is 3.66. The first-order chi connectivity index (χ1) is 4.29. The van der Waals surface area contributed by atoms with Crippen LogP contribution in [0.3, 0.4) is 0 Å². The third-order valence-corrected chi connectivity index (χ3v) is 1.48. The second-order valence-corrected chi connectivity index (χ2v) is 2.93. The fourth-order valence-electron chi connectivity index (χ4n) is 1.14. The normalized spacial score (nSPS) is 22.3. The van der Waals surface area contributed by atoms with Gasteiger partial charge in [-0.15, -0.1) is 0 Å². The topological polar surface area (TPSA) is 0 Å². The Bertz CT molecular complexity index is 138. The molecule has 0 atom stereocenters. The van der Waals surface area contributed by atoms with Gasteiger partial charge in [0.25, 0.3) is 0 Å². The molecule has 0 radical (unpaired) electrons. The van der Waals surface area contributed by atoms with Crippen LogP contribution in [0.1, 0.15) is 26.7 Å². The van der Waals surface area contributed by atoms with E-state index in [0.717, 1.165) is 0 Å². The quantitative estimate of drug-likeness (QED) is 0.501. The first kappa shape index (κ1) is 6.60. The molecule has 1 rings (SSSR count). The minimum atomic E-state index is 0.711. The summed E-state index contributed by atoms with van der Waals surface area (Å²) in [6.07, 6.45) is 9.33. The second-order valence-electron chi connectivity index (χ2n) is 2.93. The highest BCUT2D eigenvalue weighted by atomic mass is 14.0. The molecule has 0 amide bonds. The van der Waals surface area contributed by atoms with E-state index in [0.29, 0.717) is 5.92 Å². The van der Waals surface area contributed by atoms with Crippen molar-refractivity contribution < 1.29 is 0 Å². The van der Waals surface area contributed by atoms with Crippen LogP contribution in [0.15, 0.2) is 23.8 Å². The molecule has 0 heteroatoms. The maximum atomic E-state index is 2.34. The molecule has 0 heterocycles. The van der Waals surface area contributed by atoms with E-state index in [-0.39, 0.29) is 0 Å². The van der Waals surface area contributed by atoms with Gasteiger partial charge < -0.3 is 0 Å². The number of hydrogen-bond donors (Lipinski definition) is 0. The third kappa shape index (κ3) is 2.05. The summed E-state index contributed by atoms with van der Waals surface area (Å²) in [5.74, 6) is 0.711. The lowest BCUT2D eigenvalue weighted by Crippen LogP contribution is -1.80. The van der Waals surface area contributed by atoms with Gasteiger partial charge in [0.15, 0.2) is 0 Å². The Morgan fingerprint density at radius 3 is 2.78 bits per heavy atom. The van der Waals surface area contributed by atoms with Crippen LogP contribution in [-0.4, -0.2) is 0 Å². The molecule has 0 saturated carbocycles. The van der Waals surface area contributed by atoms with Gasteiger partial charge in [0.05, 0.1) is 0 Å². The maximum Gasteiger partial charge on any atom is -0.0247 e. The van der Waals surface area contributed by atoms with Crippen LogP contribution in [0.2, 0.25) is 0 Å². The molecule has 0 fully saturated rings. The molecule has 0 bridgehead atoms. The molecule has 0 N–H and O–H groups in total. The van der Waals surface area contributed by atoms with Crippen LogP contribution in [-0.2, 0) is 0 Å². The van der Waals surface area contributed by atoms with Gasteiger partial charge in [-0.3, -0.25) is 0 Å². The average molecular weight is 122 g/mol. The molecule has 0 unspecified atom stereocenters. The van der Waals surface area contributed by atoms with Gasteiger partial charge in [-0.2, -0.15) is 0 Å². The highest BCUT2D eigenvalue weighted by Gasteiger charge is 1.98. The van der Waals surface area contributed by atoms with Crippen molar-refractivity contribution in [3.8, 4) is 0 Å². The van der Waals surface area contributed by atoms with Crippen molar-refractivity contribution >= 4 is 0 Å². The van der Waals surface area contributed by atoms with Crippen LogP contribution in [0.4, 0.5) is 0 Å². The molecular weight excluding hydrogens is 108 g/mol. The Balaban J connectivity index is 2.50. The largest absolute Gasteiger partial charge is 0.0839 e. The monoisotopic (exact) mass is 122 g/mol. The SMILES string of the molecule is CC(C)C=C1C=CCC1. The van der Waals surface area contributed by atoms with Gasteiger partial charge in [-0.25, -0.2) is 0 Å². The number of hydrogen-bond acceptors (Lipinski definition) is 0. The van der Waals surface area contributed by atoms with Crippen LogP contribution >= 0.6 is 0 Å². The van der Waals surface area contributed by atoms with Gasteiger partial charge in [0.1, 0.15) is 0 Å². The van der Waals surface area contributed by atoms with Gasteiger partial charge in [-0.1, -0.05) is 37.6 Å². The summed E-state index contributed by atoms with van der Waals surface area (Å²) in [5, 5.41) is 0. The summed E-state index contributed by atoms with van der Waals surface area (Å²) in [6.45, 7) is 4.44. The van der Waals surface area contributed by atoms with Crippen molar-refractivity contribution in [2.75, 3.05) is 0 Å². The van der Waals surface area contributed by atoms with Crippen molar-refractivity contribution in [2.45, 2.75) is 26.7 Å². The second kappa shape index (κ2) is 2.86. The van der Waals surface area contributed by atoms with Crippen molar-refractivity contribution in [3.63, 3.8) is 0 Å². The molecule has 1 aliphatic carbocycles. The van der Waals surface area contributed by atoms with Crippen LogP contribution in [0.5, 0.6) is 0 Å². The highest BCUT2D eigenvalue weighted by molar-refractivity contribution is 5.24. The molecule has 0 aromatic heterocycles. The van der Waals surface area contributed by atoms with Crippen LogP contribution < -0.4 is 0 Å². The Morgan fingerprint density at radius 2 is 2.33 bits per heavy atom. The molecular formula is C9H14. The molecule has 0 aromatic carbocycles. The molecule has 0 saturated heterocycles. The van der Waals surface area contributed by atoms with E-state index in [1.165, 1.54) is 18.4 Å². The smallest absolute Gasteiger partial charge is 0.0247 e. The number of rotatable bonds is 1. The Morgan fingerprint density at radius 1 is 1.56 bits per heavy atom. The highest BCUT2D eigenvalue weighted by Crippen LogP contribution is 2.17. The summed E-state index contributed by atoms with van der Waals surface area (Å²) in [4.78, 5) is 0. The molecule has 0 aromatic rings. The average Bonchev–Trinajstić information content (AvgIpc) is 2.15. The minimum absolute atomic E-state index is 0.711. The summed E-state index contributed by atoms with van der Waals surface area (Å²) in [6, 6.07) is 0. The van der Waals surface area contributed by atoms with Crippen molar-refractivity contribution in [1.82, 2.24) is 0 Å². The van der Waals surface area contributed by atoms with E-state index in [1.54, 1.807) is 0 Å². The minimum Gasteiger partial charge on any atom is -0.0839 e. The molecule has 0 nitrogen and oxygen atoms in total. The summed E-state index contributed by atoms with van der Waals surface area (Å²) in [7, 11) is 0. The lowest BCUT2D eigenvalue weighted by atomic mass is 10.1. The van der Waals surface area contributed by atoms with Crippen molar-refractivity contribution in [1.29, 1.82) is 0 Å². The molecule has 0 spiro atoms. The zero-order valence-electron chi connectivity index (χ0n) is 6.22. The van der Waals surface area contributed by atoms with Crippen LogP contribution in [0, 0.1) is 5.92 Å². The number of allylic oxidation sites excluding steroid dienone is 4. The molecule has 1 aliphatic rings. The zero-order chi connectivity index (χ0) is 6.69. The zero-order valence-corrected chi connectivity index (χ0v) is 6.22. The molecule has 0 aliphatic heterocycles. The Labute approximate surface area is 57.3 Å². The van der Waals surface area contributed by atoms with E-state index in [2.05, 4.69) is 32.1 Å². The fraction of sp³-hybridized carbons (Fsp3) is 0.556. The Kier molecular flexibility index (Phi) is 2.10. The van der Waals surface area contributed by atoms with E-state index in [4.69, 9.17) is 0 Å². The van der Waals surface area contributed by atoms with Gasteiger partial charge >= 0.3 is 0 Å². The first-order valence-electron chi connectivity index (χ1n) is 3.66. The maximum absolute atomic E-state index is 2.34. The fourth-order valence-corrected chi connectivity index (χ4v) is 1.14. The standard InChI is InChI=1S/C9H14/c1-8(2)7-9-5-3-4-6-9/h3,5,7-8H,4,6H2,1-2H3.